The number of anilines is 1. The van der Waals surface area contributed by atoms with Crippen molar-refractivity contribution < 1.29 is 14.3 Å². The highest BCUT2D eigenvalue weighted by Crippen LogP contribution is 2.14. The molecule has 2 saturated heterocycles. The molecule has 3 N–H and O–H groups in total. The first-order valence-corrected chi connectivity index (χ1v) is 9.88. The third kappa shape index (κ3) is 6.61. The van der Waals surface area contributed by atoms with Gasteiger partial charge in [-0.15, -0.1) is 0 Å². The minimum absolute atomic E-state index is 0.0115. The molecule has 2 amide bonds. The smallest absolute Gasteiger partial charge is 0.225 e. The molecule has 1 aromatic carbocycles. The number of nitrogens with one attached hydrogen (secondary N) is 3. The van der Waals surface area contributed by atoms with Crippen molar-refractivity contribution in [1.29, 1.82) is 0 Å². The van der Waals surface area contributed by atoms with E-state index in [-0.39, 0.29) is 17.7 Å². The molecule has 0 aromatic heterocycles. The van der Waals surface area contributed by atoms with Gasteiger partial charge in [0, 0.05) is 44.2 Å². The number of carbonyl (C=O) groups is 2. The number of morpholine rings is 1. The molecule has 0 bridgehead atoms. The first-order valence-electron chi connectivity index (χ1n) is 9.88. The van der Waals surface area contributed by atoms with Crippen molar-refractivity contribution in [2.45, 2.75) is 25.8 Å². The van der Waals surface area contributed by atoms with E-state index in [1.807, 2.05) is 24.3 Å². The minimum atomic E-state index is 0.0115. The van der Waals surface area contributed by atoms with Crippen LogP contribution >= 0.6 is 0 Å². The molecule has 7 heteroatoms. The van der Waals surface area contributed by atoms with Crippen LogP contribution in [0.1, 0.15) is 24.8 Å². The molecular weight excluding hydrogens is 344 g/mol. The van der Waals surface area contributed by atoms with E-state index in [0.29, 0.717) is 13.0 Å². The summed E-state index contributed by atoms with van der Waals surface area (Å²) >= 11 is 0. The van der Waals surface area contributed by atoms with Crippen LogP contribution in [0.3, 0.4) is 0 Å². The quantitative estimate of drug-likeness (QED) is 0.662. The Morgan fingerprint density at radius 2 is 1.96 bits per heavy atom. The van der Waals surface area contributed by atoms with Crippen molar-refractivity contribution in [2.24, 2.45) is 5.92 Å². The van der Waals surface area contributed by atoms with E-state index in [0.717, 1.165) is 70.0 Å². The summed E-state index contributed by atoms with van der Waals surface area (Å²) in [5, 5.41) is 9.25. The summed E-state index contributed by atoms with van der Waals surface area (Å²) in [6, 6.07) is 7.68. The van der Waals surface area contributed by atoms with Crippen LogP contribution in [-0.4, -0.2) is 62.7 Å². The van der Waals surface area contributed by atoms with Crippen molar-refractivity contribution in [1.82, 2.24) is 15.5 Å². The Morgan fingerprint density at radius 3 is 2.74 bits per heavy atom. The maximum absolute atomic E-state index is 12.2. The normalized spacial score (nSPS) is 18.8. The Labute approximate surface area is 160 Å². The standard InChI is InChI=1S/C20H30N4O3/c25-19(6-9-24-10-12-27-13-11-24)23-18-3-1-2-16(14-18)15-22-20(26)17-4-7-21-8-5-17/h1-3,14,17,21H,4-13,15H2,(H,22,26)(H,23,25). The minimum Gasteiger partial charge on any atom is -0.379 e. The maximum Gasteiger partial charge on any atom is 0.225 e. The summed E-state index contributed by atoms with van der Waals surface area (Å²) in [4.78, 5) is 26.7. The molecule has 0 radical (unpaired) electrons. The van der Waals surface area contributed by atoms with Crippen LogP contribution in [0.25, 0.3) is 0 Å². The van der Waals surface area contributed by atoms with Gasteiger partial charge in [-0.1, -0.05) is 12.1 Å². The van der Waals surface area contributed by atoms with Gasteiger partial charge in [0.1, 0.15) is 0 Å². The number of hydrogen-bond donors (Lipinski definition) is 3. The summed E-state index contributed by atoms with van der Waals surface area (Å²) in [5.41, 5.74) is 1.76. The van der Waals surface area contributed by atoms with E-state index in [1.54, 1.807) is 0 Å². The van der Waals surface area contributed by atoms with Crippen LogP contribution in [-0.2, 0) is 20.9 Å². The third-order valence-electron chi connectivity index (χ3n) is 5.15. The van der Waals surface area contributed by atoms with Crippen LogP contribution in [0.2, 0.25) is 0 Å². The fraction of sp³-hybridized carbons (Fsp3) is 0.600. The fourth-order valence-electron chi connectivity index (χ4n) is 3.48. The van der Waals surface area contributed by atoms with Crippen molar-refractivity contribution in [3.05, 3.63) is 29.8 Å². The molecule has 27 heavy (non-hydrogen) atoms. The largest absolute Gasteiger partial charge is 0.379 e. The van der Waals surface area contributed by atoms with Crippen LogP contribution in [0.5, 0.6) is 0 Å². The highest BCUT2D eigenvalue weighted by molar-refractivity contribution is 5.90. The van der Waals surface area contributed by atoms with Crippen LogP contribution < -0.4 is 16.0 Å². The van der Waals surface area contributed by atoms with E-state index in [2.05, 4.69) is 20.9 Å². The van der Waals surface area contributed by atoms with Crippen LogP contribution in [0.4, 0.5) is 5.69 Å². The van der Waals surface area contributed by atoms with E-state index in [1.165, 1.54) is 0 Å². The molecular formula is C20H30N4O3. The number of benzene rings is 1. The second-order valence-electron chi connectivity index (χ2n) is 7.19. The van der Waals surface area contributed by atoms with Gasteiger partial charge >= 0.3 is 0 Å². The lowest BCUT2D eigenvalue weighted by molar-refractivity contribution is -0.126. The summed E-state index contributed by atoms with van der Waals surface area (Å²) < 4.78 is 5.32. The fourth-order valence-corrected chi connectivity index (χ4v) is 3.48. The molecule has 2 fully saturated rings. The number of rotatable bonds is 7. The summed E-state index contributed by atoms with van der Waals surface area (Å²) in [6.07, 6.45) is 2.26. The first-order chi connectivity index (χ1) is 13.2. The highest BCUT2D eigenvalue weighted by Gasteiger charge is 2.20. The SMILES string of the molecule is O=C(CCN1CCOCC1)Nc1cccc(CNC(=O)C2CCNCC2)c1. The van der Waals surface area contributed by atoms with Gasteiger partial charge in [-0.3, -0.25) is 14.5 Å². The highest BCUT2D eigenvalue weighted by atomic mass is 16.5. The number of carbonyl (C=O) groups excluding carboxylic acids is 2. The predicted octanol–water partition coefficient (Wildman–Crippen LogP) is 0.963. The zero-order valence-corrected chi connectivity index (χ0v) is 15.8. The van der Waals surface area contributed by atoms with Crippen LogP contribution in [0.15, 0.2) is 24.3 Å². The molecule has 0 saturated carbocycles. The molecule has 7 nitrogen and oxygen atoms in total. The number of piperidine rings is 1. The Morgan fingerprint density at radius 1 is 1.19 bits per heavy atom. The van der Waals surface area contributed by atoms with Gasteiger partial charge in [0.05, 0.1) is 13.2 Å². The molecule has 1 aromatic rings. The third-order valence-corrected chi connectivity index (χ3v) is 5.15. The van der Waals surface area contributed by atoms with E-state index >= 15 is 0 Å². The molecule has 0 spiro atoms. The van der Waals surface area contributed by atoms with E-state index in [9.17, 15) is 9.59 Å². The van der Waals surface area contributed by atoms with Gasteiger partial charge < -0.3 is 20.7 Å². The second kappa shape index (κ2) is 10.4. The molecule has 2 aliphatic rings. The predicted molar refractivity (Wildman–Crippen MR) is 104 cm³/mol. The van der Waals surface area contributed by atoms with Crippen molar-refractivity contribution in [3.8, 4) is 0 Å². The lowest BCUT2D eigenvalue weighted by atomic mass is 9.97. The maximum atomic E-state index is 12.2. The van der Waals surface area contributed by atoms with Crippen molar-refractivity contribution in [3.63, 3.8) is 0 Å². The molecule has 148 valence electrons. The summed E-state index contributed by atoms with van der Waals surface area (Å²) in [7, 11) is 0. The Balaban J connectivity index is 1.42. The van der Waals surface area contributed by atoms with Gasteiger partial charge in [0.25, 0.3) is 0 Å². The average molecular weight is 374 g/mol. The van der Waals surface area contributed by atoms with Gasteiger partial charge in [-0.05, 0) is 43.6 Å². The Hall–Kier alpha value is -1.96. The lowest BCUT2D eigenvalue weighted by Crippen LogP contribution is -2.38. The second-order valence-corrected chi connectivity index (χ2v) is 7.19. The van der Waals surface area contributed by atoms with E-state index < -0.39 is 0 Å². The lowest BCUT2D eigenvalue weighted by Gasteiger charge is -2.26. The molecule has 3 rings (SSSR count). The van der Waals surface area contributed by atoms with Crippen molar-refractivity contribution in [2.75, 3.05) is 51.3 Å². The average Bonchev–Trinajstić information content (AvgIpc) is 2.72. The van der Waals surface area contributed by atoms with E-state index in [4.69, 9.17) is 4.74 Å². The van der Waals surface area contributed by atoms with Gasteiger partial charge in [-0.2, -0.15) is 0 Å². The Kier molecular flexibility index (Phi) is 7.62. The molecule has 0 aliphatic carbocycles. The van der Waals surface area contributed by atoms with Crippen molar-refractivity contribution >= 4 is 17.5 Å². The number of ether oxygens (including phenoxy) is 1. The van der Waals surface area contributed by atoms with Gasteiger partial charge in [-0.25, -0.2) is 0 Å². The monoisotopic (exact) mass is 374 g/mol. The molecule has 2 aliphatic heterocycles. The molecule has 0 atom stereocenters. The number of nitrogens with zero attached hydrogens (tertiary/aromatic N) is 1. The number of hydrogen-bond acceptors (Lipinski definition) is 5. The molecule has 2 heterocycles. The van der Waals surface area contributed by atoms with Gasteiger partial charge in [0.15, 0.2) is 0 Å². The topological polar surface area (TPSA) is 82.7 Å². The van der Waals surface area contributed by atoms with Crippen LogP contribution in [0, 0.1) is 5.92 Å². The summed E-state index contributed by atoms with van der Waals surface area (Å²) in [6.45, 7) is 6.31. The zero-order chi connectivity index (χ0) is 18.9. The zero-order valence-electron chi connectivity index (χ0n) is 15.8. The van der Waals surface area contributed by atoms with Gasteiger partial charge in [0.2, 0.25) is 11.8 Å². The Bertz CT molecular complexity index is 625. The summed E-state index contributed by atoms with van der Waals surface area (Å²) in [5.74, 6) is 0.239. The first kappa shape index (κ1) is 19.8. The number of amides is 2. The molecule has 0 unspecified atom stereocenters.